The van der Waals surface area contributed by atoms with Crippen molar-refractivity contribution in [1.29, 1.82) is 0 Å². The van der Waals surface area contributed by atoms with E-state index in [-0.39, 0.29) is 0 Å². The number of rotatable bonds is 4. The predicted molar refractivity (Wildman–Crippen MR) is 62.5 cm³/mol. The maximum Gasteiger partial charge on any atom is 0.310 e. The molecule has 0 amide bonds. The number of ether oxygens (including phenoxy) is 1. The Morgan fingerprint density at radius 2 is 1.94 bits per heavy atom. The van der Waals surface area contributed by atoms with Gasteiger partial charge in [-0.3, -0.25) is 4.79 Å². The van der Waals surface area contributed by atoms with Crippen molar-refractivity contribution in [3.8, 4) is 0 Å². The minimum atomic E-state index is -0.820. The van der Waals surface area contributed by atoms with Crippen LogP contribution >= 0.6 is 0 Å². The van der Waals surface area contributed by atoms with Crippen LogP contribution < -0.4 is 0 Å². The molecule has 0 saturated carbocycles. The lowest BCUT2D eigenvalue weighted by molar-refractivity contribution is -0.138. The number of benzene rings is 1. The Labute approximate surface area is 96.1 Å². The number of methoxy groups -OCH3 is 1. The first kappa shape index (κ1) is 12.7. The fourth-order valence-electron chi connectivity index (χ4n) is 1.67. The van der Waals surface area contributed by atoms with Crippen LogP contribution in [-0.4, -0.2) is 18.2 Å². The topological polar surface area (TPSA) is 46.5 Å². The summed E-state index contributed by atoms with van der Waals surface area (Å²) >= 11 is 0. The Morgan fingerprint density at radius 1 is 1.38 bits per heavy atom. The minimum absolute atomic E-state index is 0.472. The van der Waals surface area contributed by atoms with Crippen LogP contribution in [0, 0.1) is 0 Å². The van der Waals surface area contributed by atoms with Crippen molar-refractivity contribution < 1.29 is 14.6 Å². The second kappa shape index (κ2) is 4.66. The molecule has 0 saturated heterocycles. The van der Waals surface area contributed by atoms with E-state index in [1.54, 1.807) is 14.0 Å². The van der Waals surface area contributed by atoms with Gasteiger partial charge >= 0.3 is 5.97 Å². The average Bonchev–Trinajstić information content (AvgIpc) is 2.28. The van der Waals surface area contributed by atoms with Gasteiger partial charge in [-0.25, -0.2) is 0 Å². The molecule has 0 aliphatic heterocycles. The van der Waals surface area contributed by atoms with Crippen molar-refractivity contribution >= 4 is 5.97 Å². The number of carbonyl (C=O) groups is 1. The number of hydrogen-bond donors (Lipinski definition) is 1. The van der Waals surface area contributed by atoms with E-state index in [1.807, 2.05) is 38.1 Å². The third kappa shape index (κ3) is 2.42. The number of aliphatic carboxylic acids is 1. The normalized spacial score (nSPS) is 13.5. The summed E-state index contributed by atoms with van der Waals surface area (Å²) in [5, 5.41) is 9.06. The molecule has 0 spiro atoms. The highest BCUT2D eigenvalue weighted by Gasteiger charge is 2.26. The van der Waals surface area contributed by atoms with Crippen molar-refractivity contribution in [2.45, 2.75) is 32.3 Å². The van der Waals surface area contributed by atoms with Gasteiger partial charge in [-0.2, -0.15) is 0 Å². The molecular weight excluding hydrogens is 204 g/mol. The van der Waals surface area contributed by atoms with Crippen LogP contribution in [0.1, 0.15) is 37.8 Å². The SMILES string of the molecule is COC(C)(C)c1ccccc1C(C)C(=O)O. The average molecular weight is 222 g/mol. The zero-order chi connectivity index (χ0) is 12.3. The molecule has 1 rings (SSSR count). The van der Waals surface area contributed by atoms with Gasteiger partial charge in [0.15, 0.2) is 0 Å². The molecule has 1 aromatic carbocycles. The highest BCUT2D eigenvalue weighted by Crippen LogP contribution is 2.31. The molecule has 0 heterocycles. The summed E-state index contributed by atoms with van der Waals surface area (Å²) < 4.78 is 5.40. The number of carboxylic acids is 1. The first-order valence-electron chi connectivity index (χ1n) is 5.27. The van der Waals surface area contributed by atoms with Crippen LogP contribution in [0.3, 0.4) is 0 Å². The lowest BCUT2D eigenvalue weighted by Gasteiger charge is -2.27. The van der Waals surface area contributed by atoms with Gasteiger partial charge in [-0.1, -0.05) is 24.3 Å². The quantitative estimate of drug-likeness (QED) is 0.852. The third-order valence-electron chi connectivity index (χ3n) is 2.96. The van der Waals surface area contributed by atoms with E-state index >= 15 is 0 Å². The van der Waals surface area contributed by atoms with Crippen LogP contribution in [0.25, 0.3) is 0 Å². The molecule has 0 aliphatic rings. The van der Waals surface area contributed by atoms with Crippen molar-refractivity contribution in [1.82, 2.24) is 0 Å². The van der Waals surface area contributed by atoms with Gasteiger partial charge in [0.1, 0.15) is 0 Å². The first-order valence-corrected chi connectivity index (χ1v) is 5.27. The molecular formula is C13H18O3. The fraction of sp³-hybridized carbons (Fsp3) is 0.462. The summed E-state index contributed by atoms with van der Waals surface area (Å²) in [6.07, 6.45) is 0. The van der Waals surface area contributed by atoms with Gasteiger partial charge in [0.25, 0.3) is 0 Å². The van der Waals surface area contributed by atoms with Gasteiger partial charge in [0, 0.05) is 7.11 Å². The molecule has 1 unspecified atom stereocenters. The molecule has 0 fully saturated rings. The Morgan fingerprint density at radius 3 is 2.44 bits per heavy atom. The molecule has 3 heteroatoms. The second-order valence-electron chi connectivity index (χ2n) is 4.36. The summed E-state index contributed by atoms with van der Waals surface area (Å²) in [5.41, 5.74) is 1.26. The van der Waals surface area contributed by atoms with Gasteiger partial charge in [0.05, 0.1) is 11.5 Å². The molecule has 88 valence electrons. The Kier molecular flexibility index (Phi) is 3.70. The van der Waals surface area contributed by atoms with Crippen LogP contribution in [0.5, 0.6) is 0 Å². The van der Waals surface area contributed by atoms with E-state index < -0.39 is 17.5 Å². The van der Waals surface area contributed by atoms with Crippen molar-refractivity contribution in [2.24, 2.45) is 0 Å². The molecule has 1 N–H and O–H groups in total. The third-order valence-corrected chi connectivity index (χ3v) is 2.96. The summed E-state index contributed by atoms with van der Waals surface area (Å²) in [7, 11) is 1.63. The molecule has 1 aromatic rings. The summed E-state index contributed by atoms with van der Waals surface area (Å²) in [6.45, 7) is 5.55. The van der Waals surface area contributed by atoms with Crippen LogP contribution in [0.15, 0.2) is 24.3 Å². The van der Waals surface area contributed by atoms with E-state index in [2.05, 4.69) is 0 Å². The van der Waals surface area contributed by atoms with Crippen LogP contribution in [0.2, 0.25) is 0 Å². The first-order chi connectivity index (χ1) is 7.40. The van der Waals surface area contributed by atoms with E-state index in [0.29, 0.717) is 0 Å². The monoisotopic (exact) mass is 222 g/mol. The highest BCUT2D eigenvalue weighted by molar-refractivity contribution is 5.76. The van der Waals surface area contributed by atoms with Crippen molar-refractivity contribution in [3.63, 3.8) is 0 Å². The summed E-state index contributed by atoms with van der Waals surface area (Å²) in [6, 6.07) is 7.51. The zero-order valence-electron chi connectivity index (χ0n) is 10.2. The second-order valence-corrected chi connectivity index (χ2v) is 4.36. The Balaban J connectivity index is 3.25. The minimum Gasteiger partial charge on any atom is -0.481 e. The number of carboxylic acid groups (broad SMARTS) is 1. The van der Waals surface area contributed by atoms with Gasteiger partial charge < -0.3 is 9.84 Å². The zero-order valence-corrected chi connectivity index (χ0v) is 10.2. The van der Waals surface area contributed by atoms with Gasteiger partial charge in [0.2, 0.25) is 0 Å². The van der Waals surface area contributed by atoms with Crippen molar-refractivity contribution in [2.75, 3.05) is 7.11 Å². The summed E-state index contributed by atoms with van der Waals surface area (Å²) in [5.74, 6) is -1.34. The van der Waals surface area contributed by atoms with E-state index in [1.165, 1.54) is 0 Å². The molecule has 0 aromatic heterocycles. The summed E-state index contributed by atoms with van der Waals surface area (Å²) in [4.78, 5) is 11.0. The van der Waals surface area contributed by atoms with Gasteiger partial charge in [-0.15, -0.1) is 0 Å². The molecule has 16 heavy (non-hydrogen) atoms. The van der Waals surface area contributed by atoms with E-state index in [9.17, 15) is 4.79 Å². The molecule has 3 nitrogen and oxygen atoms in total. The predicted octanol–water partition coefficient (Wildman–Crippen LogP) is 2.76. The maximum absolute atomic E-state index is 11.0. The maximum atomic E-state index is 11.0. The van der Waals surface area contributed by atoms with Crippen LogP contribution in [0.4, 0.5) is 0 Å². The Bertz CT molecular complexity index is 383. The van der Waals surface area contributed by atoms with E-state index in [4.69, 9.17) is 9.84 Å². The smallest absolute Gasteiger partial charge is 0.310 e. The lowest BCUT2D eigenvalue weighted by atomic mass is 9.87. The van der Waals surface area contributed by atoms with Crippen LogP contribution in [-0.2, 0) is 15.1 Å². The van der Waals surface area contributed by atoms with E-state index in [0.717, 1.165) is 11.1 Å². The molecule has 0 radical (unpaired) electrons. The fourth-order valence-corrected chi connectivity index (χ4v) is 1.67. The molecule has 1 atom stereocenters. The number of hydrogen-bond acceptors (Lipinski definition) is 2. The molecule has 0 bridgehead atoms. The Hall–Kier alpha value is -1.35. The largest absolute Gasteiger partial charge is 0.481 e. The molecule has 0 aliphatic carbocycles. The standard InChI is InChI=1S/C13H18O3/c1-9(12(14)15)10-7-5-6-8-11(10)13(2,3)16-4/h5-9H,1-4H3,(H,14,15). The van der Waals surface area contributed by atoms with Gasteiger partial charge in [-0.05, 0) is 31.9 Å². The lowest BCUT2D eigenvalue weighted by Crippen LogP contribution is -2.23. The van der Waals surface area contributed by atoms with Crippen molar-refractivity contribution in [3.05, 3.63) is 35.4 Å². The highest BCUT2D eigenvalue weighted by atomic mass is 16.5.